The molecule has 5 nitrogen and oxygen atoms in total. The summed E-state index contributed by atoms with van der Waals surface area (Å²) >= 11 is 0. The zero-order valence-electron chi connectivity index (χ0n) is 15.4. The molecule has 0 aliphatic carbocycles. The zero-order chi connectivity index (χ0) is 19.3. The van der Waals surface area contributed by atoms with Crippen molar-refractivity contribution in [2.45, 2.75) is 18.8 Å². The molecule has 1 saturated heterocycles. The van der Waals surface area contributed by atoms with Crippen LogP contribution in [0.4, 0.5) is 13.2 Å². The van der Waals surface area contributed by atoms with Crippen LogP contribution in [0.1, 0.15) is 17.2 Å². The summed E-state index contributed by atoms with van der Waals surface area (Å²) in [5.74, 6) is 0.382. The van der Waals surface area contributed by atoms with Gasteiger partial charge in [-0.3, -0.25) is 9.88 Å². The summed E-state index contributed by atoms with van der Waals surface area (Å²) in [4.78, 5) is 6.52. The van der Waals surface area contributed by atoms with Crippen LogP contribution in [-0.4, -0.2) is 49.4 Å². The van der Waals surface area contributed by atoms with E-state index in [1.54, 1.807) is 18.3 Å². The fraction of sp³-hybridized carbons (Fsp3) is 0.421. The minimum atomic E-state index is -4.39. The first kappa shape index (κ1) is 22.3. The van der Waals surface area contributed by atoms with Gasteiger partial charge < -0.3 is 14.8 Å². The highest BCUT2D eigenvalue weighted by Crippen LogP contribution is 2.31. The molecule has 2 aromatic rings. The van der Waals surface area contributed by atoms with E-state index in [4.69, 9.17) is 9.47 Å². The number of aromatic nitrogens is 1. The number of rotatable bonds is 6. The Morgan fingerprint density at radius 3 is 2.75 bits per heavy atom. The lowest BCUT2D eigenvalue weighted by Crippen LogP contribution is -2.45. The normalized spacial score (nSPS) is 17.6. The molecule has 2 heterocycles. The Kier molecular flexibility index (Phi) is 7.91. The van der Waals surface area contributed by atoms with Crippen molar-refractivity contribution in [1.82, 2.24) is 15.2 Å². The predicted octanol–water partition coefficient (Wildman–Crippen LogP) is 3.60. The maximum Gasteiger partial charge on any atom is 0.422 e. The van der Waals surface area contributed by atoms with Crippen LogP contribution in [-0.2, 0) is 6.54 Å². The van der Waals surface area contributed by atoms with Crippen LogP contribution in [0.3, 0.4) is 0 Å². The van der Waals surface area contributed by atoms with Crippen molar-refractivity contribution in [3.05, 3.63) is 53.9 Å². The van der Waals surface area contributed by atoms with E-state index in [0.717, 1.165) is 30.8 Å². The third kappa shape index (κ3) is 5.98. The van der Waals surface area contributed by atoms with Crippen LogP contribution in [0, 0.1) is 0 Å². The Hall–Kier alpha value is -2.03. The summed E-state index contributed by atoms with van der Waals surface area (Å²) in [5, 5.41) is 3.39. The third-order valence-electron chi connectivity index (χ3n) is 4.43. The average Bonchev–Trinajstić information content (AvgIpc) is 2.67. The number of pyridine rings is 1. The molecule has 1 unspecified atom stereocenters. The lowest BCUT2D eigenvalue weighted by atomic mass is 10.0. The molecule has 1 N–H and O–H groups in total. The number of nitrogens with zero attached hydrogens (tertiary/aromatic N) is 2. The Morgan fingerprint density at radius 2 is 2.07 bits per heavy atom. The standard InChI is InChI=1S/C19H22F3N3O2.ClH/c1-26-18-9-14(4-5-17(18)27-13-19(20,21)22)12-25-8-7-24-11-16(25)15-3-2-6-23-10-15;/h2-6,9-10,16,24H,7-8,11-13H2,1H3;1H. The molecular formula is C19H23ClF3N3O2. The van der Waals surface area contributed by atoms with E-state index in [1.807, 2.05) is 18.3 Å². The summed E-state index contributed by atoms with van der Waals surface area (Å²) in [7, 11) is 1.42. The summed E-state index contributed by atoms with van der Waals surface area (Å²) in [6.07, 6.45) is -0.782. The Labute approximate surface area is 168 Å². The van der Waals surface area contributed by atoms with E-state index in [-0.39, 0.29) is 24.2 Å². The van der Waals surface area contributed by atoms with Crippen LogP contribution in [0.25, 0.3) is 0 Å². The molecule has 0 amide bonds. The number of ether oxygens (including phenoxy) is 2. The number of halogens is 4. The largest absolute Gasteiger partial charge is 0.493 e. The average molecular weight is 418 g/mol. The van der Waals surface area contributed by atoms with Crippen molar-refractivity contribution in [1.29, 1.82) is 0 Å². The highest BCUT2D eigenvalue weighted by molar-refractivity contribution is 5.85. The number of benzene rings is 1. The number of nitrogens with one attached hydrogen (secondary N) is 1. The van der Waals surface area contributed by atoms with Crippen molar-refractivity contribution in [2.75, 3.05) is 33.4 Å². The van der Waals surface area contributed by atoms with E-state index in [2.05, 4.69) is 15.2 Å². The molecule has 154 valence electrons. The van der Waals surface area contributed by atoms with Crippen LogP contribution < -0.4 is 14.8 Å². The molecule has 3 rings (SSSR count). The van der Waals surface area contributed by atoms with Gasteiger partial charge in [-0.2, -0.15) is 13.2 Å². The molecule has 1 aliphatic heterocycles. The van der Waals surface area contributed by atoms with Gasteiger partial charge in [-0.15, -0.1) is 12.4 Å². The van der Waals surface area contributed by atoms with Crippen LogP contribution in [0.5, 0.6) is 11.5 Å². The molecule has 0 radical (unpaired) electrons. The predicted molar refractivity (Wildman–Crippen MR) is 102 cm³/mol. The van der Waals surface area contributed by atoms with Gasteiger partial charge in [0.15, 0.2) is 18.1 Å². The minimum Gasteiger partial charge on any atom is -0.493 e. The quantitative estimate of drug-likeness (QED) is 0.778. The number of piperazine rings is 1. The summed E-state index contributed by atoms with van der Waals surface area (Å²) in [6, 6.07) is 9.18. The first-order valence-electron chi connectivity index (χ1n) is 8.67. The van der Waals surface area contributed by atoms with E-state index in [1.165, 1.54) is 13.2 Å². The molecule has 0 bridgehead atoms. The monoisotopic (exact) mass is 417 g/mol. The highest BCUT2D eigenvalue weighted by atomic mass is 35.5. The van der Waals surface area contributed by atoms with Crippen LogP contribution in [0.15, 0.2) is 42.7 Å². The van der Waals surface area contributed by atoms with Gasteiger partial charge in [0.25, 0.3) is 0 Å². The maximum atomic E-state index is 12.4. The topological polar surface area (TPSA) is 46.6 Å². The van der Waals surface area contributed by atoms with E-state index >= 15 is 0 Å². The summed E-state index contributed by atoms with van der Waals surface area (Å²) in [5.41, 5.74) is 2.07. The second-order valence-corrected chi connectivity index (χ2v) is 6.37. The Bertz CT molecular complexity index is 747. The van der Waals surface area contributed by atoms with Crippen LogP contribution in [0.2, 0.25) is 0 Å². The Balaban J connectivity index is 0.00000280. The number of methoxy groups -OCH3 is 1. The second-order valence-electron chi connectivity index (χ2n) is 6.37. The fourth-order valence-corrected chi connectivity index (χ4v) is 3.16. The molecule has 0 spiro atoms. The molecule has 1 aromatic carbocycles. The van der Waals surface area contributed by atoms with Gasteiger partial charge in [0.2, 0.25) is 0 Å². The first-order chi connectivity index (χ1) is 13.0. The van der Waals surface area contributed by atoms with Gasteiger partial charge in [0.05, 0.1) is 7.11 Å². The Morgan fingerprint density at radius 1 is 1.25 bits per heavy atom. The van der Waals surface area contributed by atoms with Gasteiger partial charge in [-0.1, -0.05) is 12.1 Å². The van der Waals surface area contributed by atoms with Gasteiger partial charge in [-0.05, 0) is 29.3 Å². The second kappa shape index (κ2) is 9.95. The molecule has 1 aromatic heterocycles. The van der Waals surface area contributed by atoms with Crippen molar-refractivity contribution < 1.29 is 22.6 Å². The highest BCUT2D eigenvalue weighted by Gasteiger charge is 2.29. The third-order valence-corrected chi connectivity index (χ3v) is 4.43. The minimum absolute atomic E-state index is 0. The van der Waals surface area contributed by atoms with E-state index in [0.29, 0.717) is 12.3 Å². The van der Waals surface area contributed by atoms with Crippen molar-refractivity contribution in [2.24, 2.45) is 0 Å². The zero-order valence-corrected chi connectivity index (χ0v) is 16.2. The number of hydrogen-bond acceptors (Lipinski definition) is 5. The van der Waals surface area contributed by atoms with Gasteiger partial charge >= 0.3 is 6.18 Å². The molecule has 9 heteroatoms. The summed E-state index contributed by atoms with van der Waals surface area (Å²) in [6.45, 7) is 1.85. The fourth-order valence-electron chi connectivity index (χ4n) is 3.16. The maximum absolute atomic E-state index is 12.4. The van der Waals surface area contributed by atoms with Crippen molar-refractivity contribution in [3.63, 3.8) is 0 Å². The van der Waals surface area contributed by atoms with Crippen molar-refractivity contribution in [3.8, 4) is 11.5 Å². The van der Waals surface area contributed by atoms with Gasteiger partial charge in [0.1, 0.15) is 0 Å². The lowest BCUT2D eigenvalue weighted by Gasteiger charge is -2.36. The molecular weight excluding hydrogens is 395 g/mol. The van der Waals surface area contributed by atoms with Gasteiger partial charge in [-0.25, -0.2) is 0 Å². The van der Waals surface area contributed by atoms with E-state index < -0.39 is 12.8 Å². The first-order valence-corrected chi connectivity index (χ1v) is 8.67. The molecule has 1 aliphatic rings. The van der Waals surface area contributed by atoms with Crippen molar-refractivity contribution >= 4 is 12.4 Å². The molecule has 1 fully saturated rings. The van der Waals surface area contributed by atoms with Gasteiger partial charge in [0, 0.05) is 44.6 Å². The van der Waals surface area contributed by atoms with E-state index in [9.17, 15) is 13.2 Å². The van der Waals surface area contributed by atoms with Crippen LogP contribution >= 0.6 is 12.4 Å². The summed E-state index contributed by atoms with van der Waals surface area (Å²) < 4.78 is 47.2. The number of hydrogen-bond donors (Lipinski definition) is 1. The number of alkyl halides is 3. The molecule has 1 atom stereocenters. The SMILES string of the molecule is COc1cc(CN2CCNCC2c2cccnc2)ccc1OCC(F)(F)F.Cl. The molecule has 0 saturated carbocycles. The lowest BCUT2D eigenvalue weighted by molar-refractivity contribution is -0.153. The smallest absolute Gasteiger partial charge is 0.422 e. The molecule has 28 heavy (non-hydrogen) atoms.